The molecule has 2 N–H and O–H groups in total. The first-order valence-electron chi connectivity index (χ1n) is 5.71. The summed E-state index contributed by atoms with van der Waals surface area (Å²) in [7, 11) is 0. The van der Waals surface area contributed by atoms with Crippen molar-refractivity contribution in [2.75, 3.05) is 0 Å². The molecule has 2 atom stereocenters. The average molecular weight is 251 g/mol. The molecule has 0 aliphatic carbocycles. The third-order valence-electron chi connectivity index (χ3n) is 2.83. The fourth-order valence-electron chi connectivity index (χ4n) is 1.38. The van der Waals surface area contributed by atoms with E-state index in [4.69, 9.17) is 5.11 Å². The Kier molecular flexibility index (Phi) is 4.76. The van der Waals surface area contributed by atoms with Gasteiger partial charge in [-0.15, -0.1) is 0 Å². The Bertz CT molecular complexity index is 448. The second-order valence-corrected chi connectivity index (χ2v) is 4.23. The molecule has 1 heterocycles. The Labute approximate surface area is 105 Å². The van der Waals surface area contributed by atoms with E-state index in [-0.39, 0.29) is 12.5 Å². The fraction of sp³-hybridized carbons (Fsp3) is 0.500. The van der Waals surface area contributed by atoms with Crippen LogP contribution in [0.1, 0.15) is 25.4 Å². The van der Waals surface area contributed by atoms with Crippen molar-refractivity contribution in [2.45, 2.75) is 27.3 Å². The van der Waals surface area contributed by atoms with E-state index < -0.39 is 17.8 Å². The normalized spacial score (nSPS) is 13.7. The van der Waals surface area contributed by atoms with E-state index in [1.165, 1.54) is 6.92 Å². The van der Waals surface area contributed by atoms with Gasteiger partial charge >= 0.3 is 5.97 Å². The molecule has 2 unspecified atom stereocenters. The van der Waals surface area contributed by atoms with Gasteiger partial charge in [0.05, 0.1) is 18.2 Å². The molecule has 1 amide bonds. The van der Waals surface area contributed by atoms with Crippen molar-refractivity contribution in [2.24, 2.45) is 11.8 Å². The standard InChI is InChI=1S/C12H17N3O3/c1-7(8(2)12(17)18)11(16)14-6-10-4-5-13-9(3)15-10/h4-5,7-8H,6H2,1-3H3,(H,14,16)(H,17,18). The van der Waals surface area contributed by atoms with Crippen LogP contribution in [0.4, 0.5) is 0 Å². The molecule has 0 aliphatic rings. The van der Waals surface area contributed by atoms with Gasteiger partial charge in [-0.05, 0) is 13.0 Å². The smallest absolute Gasteiger partial charge is 0.307 e. The lowest BCUT2D eigenvalue weighted by molar-refractivity contribution is -0.146. The van der Waals surface area contributed by atoms with Crippen LogP contribution in [-0.4, -0.2) is 27.0 Å². The van der Waals surface area contributed by atoms with Crippen molar-refractivity contribution in [1.29, 1.82) is 0 Å². The quantitative estimate of drug-likeness (QED) is 0.806. The highest BCUT2D eigenvalue weighted by molar-refractivity contribution is 5.84. The molecule has 0 aromatic carbocycles. The van der Waals surface area contributed by atoms with Crippen LogP contribution in [0.3, 0.4) is 0 Å². The average Bonchev–Trinajstić information content (AvgIpc) is 2.34. The summed E-state index contributed by atoms with van der Waals surface area (Å²) in [6.07, 6.45) is 1.62. The third-order valence-corrected chi connectivity index (χ3v) is 2.83. The molecule has 18 heavy (non-hydrogen) atoms. The summed E-state index contributed by atoms with van der Waals surface area (Å²) in [5.41, 5.74) is 0.700. The maximum absolute atomic E-state index is 11.7. The van der Waals surface area contributed by atoms with Gasteiger partial charge in [-0.25, -0.2) is 9.97 Å². The van der Waals surface area contributed by atoms with E-state index in [2.05, 4.69) is 15.3 Å². The molecule has 6 nitrogen and oxygen atoms in total. The van der Waals surface area contributed by atoms with Gasteiger partial charge in [0, 0.05) is 12.1 Å². The van der Waals surface area contributed by atoms with Crippen molar-refractivity contribution < 1.29 is 14.7 Å². The lowest BCUT2D eigenvalue weighted by Crippen LogP contribution is -2.35. The van der Waals surface area contributed by atoms with Crippen LogP contribution in [0.5, 0.6) is 0 Å². The van der Waals surface area contributed by atoms with Crippen LogP contribution in [0.2, 0.25) is 0 Å². The lowest BCUT2D eigenvalue weighted by Gasteiger charge is -2.15. The van der Waals surface area contributed by atoms with E-state index in [0.717, 1.165) is 0 Å². The number of nitrogens with zero attached hydrogens (tertiary/aromatic N) is 2. The predicted octanol–water partition coefficient (Wildman–Crippen LogP) is 0.758. The molecule has 0 spiro atoms. The Balaban J connectivity index is 2.53. The van der Waals surface area contributed by atoms with Gasteiger partial charge in [-0.1, -0.05) is 13.8 Å². The highest BCUT2D eigenvalue weighted by Crippen LogP contribution is 2.11. The first kappa shape index (κ1) is 14.1. The van der Waals surface area contributed by atoms with Crippen molar-refractivity contribution in [3.63, 3.8) is 0 Å². The Morgan fingerprint density at radius 3 is 2.61 bits per heavy atom. The number of aryl methyl sites for hydroxylation is 1. The Hall–Kier alpha value is -1.98. The van der Waals surface area contributed by atoms with Crippen LogP contribution >= 0.6 is 0 Å². The Morgan fingerprint density at radius 2 is 2.06 bits per heavy atom. The number of carbonyl (C=O) groups is 2. The van der Waals surface area contributed by atoms with Gasteiger partial charge in [0.15, 0.2) is 0 Å². The molecule has 1 rings (SSSR count). The zero-order chi connectivity index (χ0) is 13.7. The molecule has 1 aromatic rings. The SMILES string of the molecule is Cc1nccc(CNC(=O)C(C)C(C)C(=O)O)n1. The molecule has 98 valence electrons. The summed E-state index contributed by atoms with van der Waals surface area (Å²) in [6.45, 7) is 5.15. The molecular formula is C12H17N3O3. The number of nitrogens with one attached hydrogen (secondary N) is 1. The van der Waals surface area contributed by atoms with Crippen LogP contribution < -0.4 is 5.32 Å². The van der Waals surface area contributed by atoms with Crippen LogP contribution in [-0.2, 0) is 16.1 Å². The summed E-state index contributed by atoms with van der Waals surface area (Å²) < 4.78 is 0. The highest BCUT2D eigenvalue weighted by atomic mass is 16.4. The number of hydrogen-bond donors (Lipinski definition) is 2. The molecule has 0 saturated heterocycles. The predicted molar refractivity (Wildman–Crippen MR) is 64.6 cm³/mol. The number of aromatic nitrogens is 2. The third kappa shape index (κ3) is 3.80. The maximum Gasteiger partial charge on any atom is 0.307 e. The number of carbonyl (C=O) groups excluding carboxylic acids is 1. The summed E-state index contributed by atoms with van der Waals surface area (Å²) in [4.78, 5) is 30.6. The van der Waals surface area contributed by atoms with Crippen LogP contribution in [0.25, 0.3) is 0 Å². The number of carboxylic acid groups (broad SMARTS) is 1. The second-order valence-electron chi connectivity index (χ2n) is 4.23. The zero-order valence-electron chi connectivity index (χ0n) is 10.7. The van der Waals surface area contributed by atoms with Gasteiger partial charge < -0.3 is 10.4 Å². The van der Waals surface area contributed by atoms with Crippen molar-refractivity contribution in [3.8, 4) is 0 Å². The number of carboxylic acids is 1. The minimum absolute atomic E-state index is 0.277. The monoisotopic (exact) mass is 251 g/mol. The number of amides is 1. The van der Waals surface area contributed by atoms with Crippen LogP contribution in [0, 0.1) is 18.8 Å². The van der Waals surface area contributed by atoms with E-state index in [1.54, 1.807) is 26.1 Å². The number of hydrogen-bond acceptors (Lipinski definition) is 4. The fourth-order valence-corrected chi connectivity index (χ4v) is 1.38. The van der Waals surface area contributed by atoms with Crippen molar-refractivity contribution >= 4 is 11.9 Å². The van der Waals surface area contributed by atoms with Gasteiger partial charge in [-0.2, -0.15) is 0 Å². The first-order valence-corrected chi connectivity index (χ1v) is 5.71. The minimum atomic E-state index is -0.976. The van der Waals surface area contributed by atoms with Gasteiger partial charge in [0.1, 0.15) is 5.82 Å². The van der Waals surface area contributed by atoms with Crippen molar-refractivity contribution in [3.05, 3.63) is 23.8 Å². The first-order chi connectivity index (χ1) is 8.41. The van der Waals surface area contributed by atoms with Gasteiger partial charge in [0.2, 0.25) is 5.91 Å². The second kappa shape index (κ2) is 6.09. The number of rotatable bonds is 5. The Morgan fingerprint density at radius 1 is 1.39 bits per heavy atom. The van der Waals surface area contributed by atoms with E-state index >= 15 is 0 Å². The molecule has 0 fully saturated rings. The zero-order valence-corrected chi connectivity index (χ0v) is 10.7. The van der Waals surface area contributed by atoms with E-state index in [0.29, 0.717) is 11.5 Å². The molecule has 1 aromatic heterocycles. The molecular weight excluding hydrogens is 234 g/mol. The summed E-state index contributed by atoms with van der Waals surface area (Å²) in [6, 6.07) is 1.71. The van der Waals surface area contributed by atoms with Gasteiger partial charge in [-0.3, -0.25) is 9.59 Å². The van der Waals surface area contributed by atoms with Crippen LogP contribution in [0.15, 0.2) is 12.3 Å². The summed E-state index contributed by atoms with van der Waals surface area (Å²) in [5, 5.41) is 11.5. The highest BCUT2D eigenvalue weighted by Gasteiger charge is 2.25. The van der Waals surface area contributed by atoms with Gasteiger partial charge in [0.25, 0.3) is 0 Å². The summed E-state index contributed by atoms with van der Waals surface area (Å²) in [5.74, 6) is -1.92. The van der Waals surface area contributed by atoms with Crippen molar-refractivity contribution in [1.82, 2.24) is 15.3 Å². The number of aliphatic carboxylic acids is 1. The topological polar surface area (TPSA) is 92.2 Å². The summed E-state index contributed by atoms with van der Waals surface area (Å²) >= 11 is 0. The maximum atomic E-state index is 11.7. The molecule has 0 aliphatic heterocycles. The van der Waals surface area contributed by atoms with E-state index in [9.17, 15) is 9.59 Å². The lowest BCUT2D eigenvalue weighted by atomic mass is 9.95. The largest absolute Gasteiger partial charge is 0.481 e. The molecule has 6 heteroatoms. The molecule has 0 bridgehead atoms. The van der Waals surface area contributed by atoms with E-state index in [1.807, 2.05) is 0 Å². The molecule has 0 saturated carbocycles. The molecule has 0 radical (unpaired) electrons. The minimum Gasteiger partial charge on any atom is -0.481 e.